The maximum absolute atomic E-state index is 12.0. The summed E-state index contributed by atoms with van der Waals surface area (Å²) >= 11 is 0. The van der Waals surface area contributed by atoms with Gasteiger partial charge in [-0.1, -0.05) is 40.0 Å². The third-order valence-electron chi connectivity index (χ3n) is 4.01. The predicted molar refractivity (Wildman–Crippen MR) is 70.1 cm³/mol. The Morgan fingerprint density at radius 2 is 1.89 bits per heavy atom. The highest BCUT2D eigenvalue weighted by Gasteiger charge is 2.65. The Labute approximate surface area is 109 Å². The summed E-state index contributed by atoms with van der Waals surface area (Å²) < 4.78 is 0. The van der Waals surface area contributed by atoms with Crippen molar-refractivity contribution in [1.29, 1.82) is 0 Å². The highest BCUT2D eigenvalue weighted by molar-refractivity contribution is 5.91. The molecule has 2 N–H and O–H groups in total. The van der Waals surface area contributed by atoms with Crippen molar-refractivity contribution in [3.63, 3.8) is 0 Å². The van der Waals surface area contributed by atoms with E-state index < -0.39 is 17.3 Å². The van der Waals surface area contributed by atoms with Crippen LogP contribution in [0.15, 0.2) is 0 Å². The van der Waals surface area contributed by atoms with Gasteiger partial charge in [-0.2, -0.15) is 0 Å². The Bertz CT molecular complexity index is 325. The molecule has 3 atom stereocenters. The average Bonchev–Trinajstić information content (AvgIpc) is 2.82. The molecule has 4 nitrogen and oxygen atoms in total. The van der Waals surface area contributed by atoms with E-state index in [1.807, 2.05) is 20.8 Å². The number of carbonyl (C=O) groups excluding carboxylic acids is 1. The lowest BCUT2D eigenvalue weighted by atomic mass is 10.1. The molecule has 0 heterocycles. The van der Waals surface area contributed by atoms with E-state index in [1.54, 1.807) is 0 Å². The zero-order valence-corrected chi connectivity index (χ0v) is 11.8. The van der Waals surface area contributed by atoms with Gasteiger partial charge in [0.15, 0.2) is 0 Å². The third-order valence-corrected chi connectivity index (χ3v) is 4.01. The maximum atomic E-state index is 12.0. The predicted octanol–water partition coefficient (Wildman–Crippen LogP) is 2.43. The largest absolute Gasteiger partial charge is 0.481 e. The minimum Gasteiger partial charge on any atom is -0.481 e. The standard InChI is InChI=1S/C14H25NO3/c1-5-6-7-8-9(2)15-12(16)10-11(13(17)18)14(10,3)4/h9-11H,5-8H2,1-4H3,(H,15,16)(H,17,18). The summed E-state index contributed by atoms with van der Waals surface area (Å²) in [5.74, 6) is -1.86. The molecule has 104 valence electrons. The molecule has 1 aliphatic rings. The van der Waals surface area contributed by atoms with Crippen LogP contribution < -0.4 is 5.32 Å². The second kappa shape index (κ2) is 5.72. The molecule has 4 heteroatoms. The van der Waals surface area contributed by atoms with Gasteiger partial charge in [-0.3, -0.25) is 9.59 Å². The number of unbranched alkanes of at least 4 members (excludes halogenated alkanes) is 2. The molecule has 1 saturated carbocycles. The molecule has 0 bridgehead atoms. The first-order chi connectivity index (χ1) is 8.32. The fourth-order valence-electron chi connectivity index (χ4n) is 2.69. The van der Waals surface area contributed by atoms with Crippen molar-refractivity contribution in [2.45, 2.75) is 59.4 Å². The first-order valence-corrected chi connectivity index (χ1v) is 6.85. The van der Waals surface area contributed by atoms with Gasteiger partial charge in [-0.15, -0.1) is 0 Å². The van der Waals surface area contributed by atoms with Crippen LogP contribution >= 0.6 is 0 Å². The van der Waals surface area contributed by atoms with Crippen LogP contribution in [0, 0.1) is 17.3 Å². The fraction of sp³-hybridized carbons (Fsp3) is 0.857. The first kappa shape index (κ1) is 15.0. The second-order valence-corrected chi connectivity index (χ2v) is 6.02. The summed E-state index contributed by atoms with van der Waals surface area (Å²) in [6.07, 6.45) is 4.41. The Hall–Kier alpha value is -1.06. The van der Waals surface area contributed by atoms with E-state index >= 15 is 0 Å². The van der Waals surface area contributed by atoms with E-state index in [2.05, 4.69) is 12.2 Å². The van der Waals surface area contributed by atoms with Gasteiger partial charge in [0.05, 0.1) is 11.8 Å². The van der Waals surface area contributed by atoms with E-state index in [4.69, 9.17) is 5.11 Å². The molecule has 1 fully saturated rings. The molecule has 0 spiro atoms. The number of rotatable bonds is 7. The molecule has 1 rings (SSSR count). The van der Waals surface area contributed by atoms with E-state index in [-0.39, 0.29) is 17.9 Å². The van der Waals surface area contributed by atoms with Gasteiger partial charge >= 0.3 is 5.97 Å². The fourth-order valence-corrected chi connectivity index (χ4v) is 2.69. The van der Waals surface area contributed by atoms with Crippen molar-refractivity contribution in [2.75, 3.05) is 0 Å². The Kier molecular flexibility index (Phi) is 4.77. The van der Waals surface area contributed by atoms with Crippen molar-refractivity contribution < 1.29 is 14.7 Å². The normalized spacial score (nSPS) is 26.4. The molecule has 3 unspecified atom stereocenters. The topological polar surface area (TPSA) is 66.4 Å². The van der Waals surface area contributed by atoms with E-state index in [0.29, 0.717) is 0 Å². The zero-order chi connectivity index (χ0) is 13.9. The smallest absolute Gasteiger partial charge is 0.307 e. The Morgan fingerprint density at radius 1 is 1.28 bits per heavy atom. The number of hydrogen-bond acceptors (Lipinski definition) is 2. The lowest BCUT2D eigenvalue weighted by molar-refractivity contribution is -0.140. The van der Waals surface area contributed by atoms with Crippen LogP contribution in [0.1, 0.15) is 53.4 Å². The lowest BCUT2D eigenvalue weighted by Crippen LogP contribution is -2.35. The molecule has 1 amide bonds. The second-order valence-electron chi connectivity index (χ2n) is 6.02. The van der Waals surface area contributed by atoms with Crippen LogP contribution in [0.4, 0.5) is 0 Å². The van der Waals surface area contributed by atoms with Crippen LogP contribution in [-0.4, -0.2) is 23.0 Å². The maximum Gasteiger partial charge on any atom is 0.307 e. The van der Waals surface area contributed by atoms with Gasteiger partial charge < -0.3 is 10.4 Å². The molecule has 0 aromatic heterocycles. The summed E-state index contributed by atoms with van der Waals surface area (Å²) in [5, 5.41) is 12.0. The van der Waals surface area contributed by atoms with Gasteiger partial charge in [0, 0.05) is 6.04 Å². The minimum absolute atomic E-state index is 0.101. The number of amides is 1. The number of hydrogen-bond donors (Lipinski definition) is 2. The first-order valence-electron chi connectivity index (χ1n) is 6.85. The highest BCUT2D eigenvalue weighted by atomic mass is 16.4. The molecule has 0 saturated heterocycles. The molecule has 18 heavy (non-hydrogen) atoms. The molecular formula is C14H25NO3. The Balaban J connectivity index is 2.40. The van der Waals surface area contributed by atoms with Crippen molar-refractivity contribution in [1.82, 2.24) is 5.32 Å². The quantitative estimate of drug-likeness (QED) is 0.687. The van der Waals surface area contributed by atoms with Crippen molar-refractivity contribution in [2.24, 2.45) is 17.3 Å². The average molecular weight is 255 g/mol. The molecule has 0 radical (unpaired) electrons. The molecule has 0 aliphatic heterocycles. The number of nitrogens with one attached hydrogen (secondary N) is 1. The number of carbonyl (C=O) groups is 2. The van der Waals surface area contributed by atoms with Gasteiger partial charge in [0.2, 0.25) is 5.91 Å². The molecule has 0 aromatic carbocycles. The van der Waals surface area contributed by atoms with Crippen LogP contribution in [0.5, 0.6) is 0 Å². The van der Waals surface area contributed by atoms with Crippen LogP contribution in [0.2, 0.25) is 0 Å². The summed E-state index contributed by atoms with van der Waals surface area (Å²) in [4.78, 5) is 23.0. The van der Waals surface area contributed by atoms with Crippen molar-refractivity contribution in [3.8, 4) is 0 Å². The van der Waals surface area contributed by atoms with E-state index in [0.717, 1.165) is 19.3 Å². The van der Waals surface area contributed by atoms with Crippen molar-refractivity contribution >= 4 is 11.9 Å². The van der Waals surface area contributed by atoms with Gasteiger partial charge in [0.25, 0.3) is 0 Å². The summed E-state index contributed by atoms with van der Waals surface area (Å²) in [7, 11) is 0. The molecular weight excluding hydrogens is 230 g/mol. The zero-order valence-electron chi connectivity index (χ0n) is 11.8. The third kappa shape index (κ3) is 3.24. The molecule has 1 aliphatic carbocycles. The summed E-state index contributed by atoms with van der Waals surface area (Å²) in [5.41, 5.74) is -0.404. The number of carboxylic acids is 1. The van der Waals surface area contributed by atoms with Gasteiger partial charge in [0.1, 0.15) is 0 Å². The minimum atomic E-state index is -0.862. The van der Waals surface area contributed by atoms with Gasteiger partial charge in [-0.25, -0.2) is 0 Å². The lowest BCUT2D eigenvalue weighted by Gasteiger charge is -2.14. The molecule has 0 aromatic rings. The van der Waals surface area contributed by atoms with Gasteiger partial charge in [-0.05, 0) is 18.8 Å². The van der Waals surface area contributed by atoms with E-state index in [9.17, 15) is 9.59 Å². The number of carboxylic acid groups (broad SMARTS) is 1. The SMILES string of the molecule is CCCCCC(C)NC(=O)C1C(C(=O)O)C1(C)C. The Morgan fingerprint density at radius 3 is 2.33 bits per heavy atom. The summed E-state index contributed by atoms with van der Waals surface area (Å²) in [6.45, 7) is 7.82. The number of aliphatic carboxylic acids is 1. The summed E-state index contributed by atoms with van der Waals surface area (Å²) in [6, 6.07) is 0.134. The van der Waals surface area contributed by atoms with Crippen molar-refractivity contribution in [3.05, 3.63) is 0 Å². The van der Waals surface area contributed by atoms with Crippen LogP contribution in [0.25, 0.3) is 0 Å². The monoisotopic (exact) mass is 255 g/mol. The van der Waals surface area contributed by atoms with Crippen LogP contribution in [0.3, 0.4) is 0 Å². The van der Waals surface area contributed by atoms with Crippen LogP contribution in [-0.2, 0) is 9.59 Å². The highest BCUT2D eigenvalue weighted by Crippen LogP contribution is 2.58. The van der Waals surface area contributed by atoms with E-state index in [1.165, 1.54) is 6.42 Å².